The van der Waals surface area contributed by atoms with E-state index in [9.17, 15) is 29.8 Å². The molecule has 0 aliphatic rings. The molecule has 11 heteroatoms. The fourth-order valence-corrected chi connectivity index (χ4v) is 3.59. The number of aromatic nitrogens is 1. The Morgan fingerprint density at radius 2 is 1.39 bits per heavy atom. The monoisotopic (exact) mass is 415 g/mol. The maximum atomic E-state index is 12.9. The molecule has 0 spiro atoms. The van der Waals surface area contributed by atoms with Crippen molar-refractivity contribution in [2.75, 3.05) is 0 Å². The van der Waals surface area contributed by atoms with E-state index in [1.54, 1.807) is 0 Å². The van der Waals surface area contributed by atoms with Crippen molar-refractivity contribution in [2.24, 2.45) is 0 Å². The van der Waals surface area contributed by atoms with E-state index in [0.29, 0.717) is 0 Å². The van der Waals surface area contributed by atoms with Crippen LogP contribution in [0.5, 0.6) is 0 Å². The van der Waals surface area contributed by atoms with Crippen molar-refractivity contribution in [1.82, 2.24) is 4.57 Å². The van der Waals surface area contributed by atoms with Crippen LogP contribution in [0.15, 0.2) is 53.9 Å². The van der Waals surface area contributed by atoms with E-state index in [1.165, 1.54) is 47.8 Å². The molecule has 0 saturated carbocycles. The second-order valence-corrected chi connectivity index (χ2v) is 6.91. The van der Waals surface area contributed by atoms with Crippen molar-refractivity contribution < 1.29 is 19.4 Å². The molecule has 0 aliphatic heterocycles. The van der Waals surface area contributed by atoms with Crippen LogP contribution in [0.4, 0.5) is 11.4 Å². The lowest BCUT2D eigenvalue weighted by Gasteiger charge is -2.08. The standard InChI is InChI=1S/C17H9N3O6S2/c21-15(10-5-1-3-7-12(10)19(23)24)14-9-28-17(27)18(14)16(22)11-6-2-4-8-13(11)20(25)26/h1-9H. The van der Waals surface area contributed by atoms with E-state index >= 15 is 0 Å². The summed E-state index contributed by atoms with van der Waals surface area (Å²) in [7, 11) is 0. The third-order valence-electron chi connectivity index (χ3n) is 3.81. The first-order valence-corrected chi connectivity index (χ1v) is 8.88. The topological polar surface area (TPSA) is 125 Å². The maximum Gasteiger partial charge on any atom is 0.282 e. The second kappa shape index (κ2) is 7.58. The summed E-state index contributed by atoms with van der Waals surface area (Å²) >= 11 is 6.02. The number of hydrogen-bond donors (Lipinski definition) is 0. The number of para-hydroxylation sites is 2. The van der Waals surface area contributed by atoms with E-state index in [-0.39, 0.29) is 20.8 Å². The molecule has 0 fully saturated rings. The number of rotatable bonds is 5. The van der Waals surface area contributed by atoms with Gasteiger partial charge >= 0.3 is 0 Å². The fourth-order valence-electron chi connectivity index (χ4n) is 2.55. The van der Waals surface area contributed by atoms with Crippen LogP contribution in [0.25, 0.3) is 0 Å². The molecule has 0 amide bonds. The predicted octanol–water partition coefficient (Wildman–Crippen LogP) is 4.01. The minimum absolute atomic E-state index is 0.00918. The molecule has 3 aromatic rings. The lowest BCUT2D eigenvalue weighted by molar-refractivity contribution is -0.385. The molecule has 0 N–H and O–H groups in total. The van der Waals surface area contributed by atoms with Crippen molar-refractivity contribution >= 4 is 46.6 Å². The molecule has 9 nitrogen and oxygen atoms in total. The van der Waals surface area contributed by atoms with E-state index in [1.807, 2.05) is 0 Å². The Kier molecular flexibility index (Phi) is 5.20. The van der Waals surface area contributed by atoms with Gasteiger partial charge < -0.3 is 0 Å². The molecule has 0 aliphatic carbocycles. The van der Waals surface area contributed by atoms with Gasteiger partial charge in [-0.1, -0.05) is 24.3 Å². The highest BCUT2D eigenvalue weighted by Crippen LogP contribution is 2.26. The van der Waals surface area contributed by atoms with Crippen LogP contribution in [0.1, 0.15) is 26.4 Å². The summed E-state index contributed by atoms with van der Waals surface area (Å²) < 4.78 is 0.853. The number of benzene rings is 2. The van der Waals surface area contributed by atoms with Gasteiger partial charge in [-0.2, -0.15) is 0 Å². The fraction of sp³-hybridized carbons (Fsp3) is 0. The number of nitrogens with zero attached hydrogens (tertiary/aromatic N) is 3. The number of carbonyl (C=O) groups excluding carboxylic acids is 2. The van der Waals surface area contributed by atoms with Crippen LogP contribution in [0.2, 0.25) is 0 Å². The molecule has 1 aromatic heterocycles. The largest absolute Gasteiger partial charge is 0.287 e. The van der Waals surface area contributed by atoms with Crippen LogP contribution in [0, 0.1) is 24.2 Å². The highest BCUT2D eigenvalue weighted by molar-refractivity contribution is 7.73. The van der Waals surface area contributed by atoms with E-state index in [2.05, 4.69) is 0 Å². The third kappa shape index (κ3) is 3.35. The predicted molar refractivity (Wildman–Crippen MR) is 102 cm³/mol. The van der Waals surface area contributed by atoms with Gasteiger partial charge in [0.05, 0.1) is 9.85 Å². The van der Waals surface area contributed by atoms with Crippen LogP contribution in [0.3, 0.4) is 0 Å². The van der Waals surface area contributed by atoms with Gasteiger partial charge in [0.1, 0.15) is 16.8 Å². The SMILES string of the molecule is O=C(c1ccccc1[N+](=O)[O-])c1csc(=S)n1C(=O)c1ccccc1[N+](=O)[O-]. The van der Waals surface area contributed by atoms with Crippen LogP contribution < -0.4 is 0 Å². The summed E-state index contributed by atoms with van der Waals surface area (Å²) in [5.74, 6) is -1.65. The Hall–Kier alpha value is -3.57. The molecule has 2 aromatic carbocycles. The zero-order chi connectivity index (χ0) is 20.4. The van der Waals surface area contributed by atoms with E-state index in [4.69, 9.17) is 12.2 Å². The molecule has 0 bridgehead atoms. The van der Waals surface area contributed by atoms with Crippen molar-refractivity contribution in [3.8, 4) is 0 Å². The average molecular weight is 415 g/mol. The second-order valence-electron chi connectivity index (χ2n) is 5.41. The minimum atomic E-state index is -0.861. The maximum absolute atomic E-state index is 12.9. The van der Waals surface area contributed by atoms with E-state index < -0.39 is 32.9 Å². The zero-order valence-corrected chi connectivity index (χ0v) is 15.4. The highest BCUT2D eigenvalue weighted by atomic mass is 32.1. The molecule has 0 unspecified atom stereocenters. The summed E-state index contributed by atoms with van der Waals surface area (Å²) in [6.07, 6.45) is 0. The molecule has 3 rings (SSSR count). The zero-order valence-electron chi connectivity index (χ0n) is 13.8. The van der Waals surface area contributed by atoms with Gasteiger partial charge in [0.15, 0.2) is 3.95 Å². The van der Waals surface area contributed by atoms with Crippen molar-refractivity contribution in [3.05, 3.63) is 94.9 Å². The number of nitro benzene ring substituents is 2. The van der Waals surface area contributed by atoms with Crippen molar-refractivity contribution in [3.63, 3.8) is 0 Å². The smallest absolute Gasteiger partial charge is 0.282 e. The number of thiazole rings is 1. The number of hydrogen-bond acceptors (Lipinski definition) is 8. The minimum Gasteiger partial charge on any atom is -0.287 e. The van der Waals surface area contributed by atoms with Gasteiger partial charge in [-0.15, -0.1) is 11.3 Å². The molecule has 0 saturated heterocycles. The summed E-state index contributed by atoms with van der Waals surface area (Å²) in [5, 5.41) is 23.7. The van der Waals surface area contributed by atoms with Gasteiger partial charge in [-0.3, -0.25) is 34.4 Å². The van der Waals surface area contributed by atoms with Crippen LogP contribution in [-0.4, -0.2) is 26.1 Å². The Bertz CT molecular complexity index is 1200. The Morgan fingerprint density at radius 3 is 1.96 bits per heavy atom. The number of carbonyl (C=O) groups is 2. The van der Waals surface area contributed by atoms with Gasteiger partial charge in [0, 0.05) is 17.5 Å². The van der Waals surface area contributed by atoms with Gasteiger partial charge in [-0.05, 0) is 24.4 Å². The van der Waals surface area contributed by atoms with Crippen LogP contribution in [-0.2, 0) is 0 Å². The number of ketones is 1. The molecular weight excluding hydrogens is 406 g/mol. The average Bonchev–Trinajstić information content (AvgIpc) is 3.08. The highest BCUT2D eigenvalue weighted by Gasteiger charge is 2.28. The number of nitro groups is 2. The summed E-state index contributed by atoms with van der Waals surface area (Å²) in [4.78, 5) is 46.9. The Balaban J connectivity index is 2.16. The first-order chi connectivity index (χ1) is 13.3. The van der Waals surface area contributed by atoms with E-state index in [0.717, 1.165) is 22.0 Å². The van der Waals surface area contributed by atoms with Gasteiger partial charge in [-0.25, -0.2) is 0 Å². The first kappa shape index (κ1) is 19.2. The quantitative estimate of drug-likeness (QED) is 0.267. The van der Waals surface area contributed by atoms with Crippen LogP contribution >= 0.6 is 23.6 Å². The van der Waals surface area contributed by atoms with Crippen molar-refractivity contribution in [2.45, 2.75) is 0 Å². The summed E-state index contributed by atoms with van der Waals surface area (Å²) in [6.45, 7) is 0. The van der Waals surface area contributed by atoms with Gasteiger partial charge in [0.25, 0.3) is 17.3 Å². The first-order valence-electron chi connectivity index (χ1n) is 7.59. The molecule has 140 valence electrons. The Labute approximate surface area is 165 Å². The molecule has 0 atom stereocenters. The normalized spacial score (nSPS) is 10.4. The lowest BCUT2D eigenvalue weighted by Crippen LogP contribution is -2.20. The van der Waals surface area contributed by atoms with Crippen molar-refractivity contribution in [1.29, 1.82) is 0 Å². The molecule has 1 heterocycles. The summed E-state index contributed by atoms with van der Waals surface area (Å²) in [6, 6.07) is 10.6. The Morgan fingerprint density at radius 1 is 0.893 bits per heavy atom. The summed E-state index contributed by atoms with van der Waals surface area (Å²) in [5.41, 5.74) is -1.53. The lowest BCUT2D eigenvalue weighted by atomic mass is 10.1. The molecular formula is C17H9N3O6S2. The molecule has 28 heavy (non-hydrogen) atoms. The molecule has 0 radical (unpaired) electrons. The van der Waals surface area contributed by atoms with Gasteiger partial charge in [0.2, 0.25) is 5.78 Å². The third-order valence-corrected chi connectivity index (χ3v) is 5.00.